The van der Waals surface area contributed by atoms with Gasteiger partial charge in [0.1, 0.15) is 5.75 Å². The van der Waals surface area contributed by atoms with Gasteiger partial charge in [0.05, 0.1) is 6.61 Å². The number of aromatic nitrogens is 2. The molecule has 5 aromatic rings. The van der Waals surface area contributed by atoms with Gasteiger partial charge in [-0.25, -0.2) is 0 Å². The Morgan fingerprint density at radius 2 is 1.63 bits per heavy atom. The summed E-state index contributed by atoms with van der Waals surface area (Å²) < 4.78 is 12.0. The molecule has 4 aromatic carbocycles. The Kier molecular flexibility index (Phi) is 6.12. The van der Waals surface area contributed by atoms with Crippen molar-refractivity contribution in [3.8, 4) is 28.3 Å². The molecule has 0 N–H and O–H groups in total. The van der Waals surface area contributed by atoms with Crippen molar-refractivity contribution in [2.45, 2.75) is 38.0 Å². The lowest BCUT2D eigenvalue weighted by Crippen LogP contribution is -2.42. The van der Waals surface area contributed by atoms with Crippen LogP contribution in [-0.2, 0) is 11.8 Å². The summed E-state index contributed by atoms with van der Waals surface area (Å²) in [6.07, 6.45) is 4.10. The van der Waals surface area contributed by atoms with Gasteiger partial charge in [0.15, 0.2) is 0 Å². The van der Waals surface area contributed by atoms with Gasteiger partial charge in [-0.2, -0.15) is 0 Å². The quantitative estimate of drug-likeness (QED) is 0.237. The van der Waals surface area contributed by atoms with Crippen molar-refractivity contribution in [2.24, 2.45) is 0 Å². The summed E-state index contributed by atoms with van der Waals surface area (Å²) in [5.41, 5.74) is 7.38. The Morgan fingerprint density at radius 3 is 2.37 bits per heavy atom. The summed E-state index contributed by atoms with van der Waals surface area (Å²) in [5.74, 6) is 2.13. The average Bonchev–Trinajstić information content (AvgIpc) is 3.63. The van der Waals surface area contributed by atoms with Crippen LogP contribution < -0.4 is 9.64 Å². The Morgan fingerprint density at radius 1 is 0.884 bits per heavy atom. The Balaban J connectivity index is 1.11. The van der Waals surface area contributed by atoms with E-state index in [1.54, 1.807) is 6.92 Å². The molecule has 1 aromatic heterocycles. The summed E-state index contributed by atoms with van der Waals surface area (Å²) in [4.78, 5) is 18.4. The van der Waals surface area contributed by atoms with Gasteiger partial charge in [0.25, 0.3) is 5.91 Å². The predicted octanol–water partition coefficient (Wildman–Crippen LogP) is 6.81. The number of likely N-dealkylation sites (tertiary alicyclic amines) is 1. The highest BCUT2D eigenvalue weighted by Crippen LogP contribution is 2.48. The molecule has 1 saturated heterocycles. The first-order chi connectivity index (χ1) is 21.0. The van der Waals surface area contributed by atoms with E-state index in [-0.39, 0.29) is 11.3 Å². The standard InChI is InChI=1S/C36H34N4O3/c1-23-37-38-34(43-23)30-10-4-8-28-27(7-3-9-29(28)30)24-11-13-25(14-12-24)35(41)40-17-5-6-26-20-33-31(21-32(26)40)36(22-42-33)15-18-39(2)19-16-36/h3-4,7-14,20-21H,5-6,15-19,22H2,1-2H3. The number of aryl methyl sites for hydroxylation is 2. The topological polar surface area (TPSA) is 71.7 Å². The molecule has 0 unspecified atom stereocenters. The molecule has 216 valence electrons. The number of hydrogen-bond acceptors (Lipinski definition) is 6. The molecular weight excluding hydrogens is 536 g/mol. The van der Waals surface area contributed by atoms with Gasteiger partial charge >= 0.3 is 0 Å². The van der Waals surface area contributed by atoms with Crippen LogP contribution in [0.2, 0.25) is 0 Å². The van der Waals surface area contributed by atoms with Crippen LogP contribution in [0.4, 0.5) is 5.69 Å². The third kappa shape index (κ3) is 4.33. The lowest BCUT2D eigenvalue weighted by Gasteiger charge is -2.37. The monoisotopic (exact) mass is 570 g/mol. The van der Waals surface area contributed by atoms with E-state index in [4.69, 9.17) is 9.15 Å². The molecule has 1 spiro atoms. The molecule has 0 aliphatic carbocycles. The molecular formula is C36H34N4O3. The number of nitrogens with zero attached hydrogens (tertiary/aromatic N) is 4. The molecule has 7 heteroatoms. The van der Waals surface area contributed by atoms with Crippen molar-refractivity contribution in [1.82, 2.24) is 15.1 Å². The number of ether oxygens (including phenoxy) is 1. The zero-order chi connectivity index (χ0) is 29.1. The number of benzene rings is 4. The SMILES string of the molecule is Cc1nnc(-c2cccc3c(-c4ccc(C(=O)N5CCCc6cc7c(cc65)C5(CCN(C)CC5)CO7)cc4)cccc23)o1. The third-order valence-corrected chi connectivity index (χ3v) is 9.69. The van der Waals surface area contributed by atoms with E-state index < -0.39 is 0 Å². The molecule has 0 atom stereocenters. The highest BCUT2D eigenvalue weighted by atomic mass is 16.5. The van der Waals surface area contributed by atoms with Crippen molar-refractivity contribution in [3.05, 3.63) is 95.4 Å². The number of amides is 1. The van der Waals surface area contributed by atoms with Crippen molar-refractivity contribution in [2.75, 3.05) is 38.2 Å². The normalized spacial score (nSPS) is 17.6. The first-order valence-corrected chi connectivity index (χ1v) is 15.2. The Hall–Kier alpha value is -4.49. The van der Waals surface area contributed by atoms with E-state index in [1.807, 2.05) is 35.2 Å². The largest absolute Gasteiger partial charge is 0.492 e. The smallest absolute Gasteiger partial charge is 0.258 e. The van der Waals surface area contributed by atoms with Gasteiger partial charge in [0.2, 0.25) is 11.8 Å². The van der Waals surface area contributed by atoms with Crippen molar-refractivity contribution in [1.29, 1.82) is 0 Å². The van der Waals surface area contributed by atoms with Gasteiger partial charge in [-0.3, -0.25) is 4.79 Å². The summed E-state index contributed by atoms with van der Waals surface area (Å²) in [6, 6.07) is 24.9. The second-order valence-corrected chi connectivity index (χ2v) is 12.3. The summed E-state index contributed by atoms with van der Waals surface area (Å²) in [5, 5.41) is 10.4. The average molecular weight is 571 g/mol. The van der Waals surface area contributed by atoms with Gasteiger partial charge in [-0.15, -0.1) is 10.2 Å². The lowest BCUT2D eigenvalue weighted by molar-refractivity contribution is 0.0985. The van der Waals surface area contributed by atoms with Crippen molar-refractivity contribution in [3.63, 3.8) is 0 Å². The molecule has 3 aliphatic heterocycles. The van der Waals surface area contributed by atoms with Crippen LogP contribution in [0.15, 0.2) is 77.2 Å². The van der Waals surface area contributed by atoms with Gasteiger partial charge in [0, 0.05) is 41.3 Å². The van der Waals surface area contributed by atoms with Crippen LogP contribution in [0.1, 0.15) is 46.6 Å². The van der Waals surface area contributed by atoms with Crippen LogP contribution >= 0.6 is 0 Å². The number of carbonyl (C=O) groups excluding carboxylic acids is 1. The number of piperidine rings is 1. The van der Waals surface area contributed by atoms with Crippen LogP contribution in [0.25, 0.3) is 33.4 Å². The third-order valence-electron chi connectivity index (χ3n) is 9.69. The fraction of sp³-hybridized carbons (Fsp3) is 0.306. The molecule has 1 amide bonds. The van der Waals surface area contributed by atoms with Crippen LogP contribution in [-0.4, -0.2) is 54.3 Å². The minimum atomic E-state index is 0.0516. The number of carbonyl (C=O) groups is 1. The molecule has 1 fully saturated rings. The van der Waals surface area contributed by atoms with E-state index in [1.165, 1.54) is 11.1 Å². The highest BCUT2D eigenvalue weighted by molar-refractivity contribution is 6.08. The maximum atomic E-state index is 14.0. The first-order valence-electron chi connectivity index (χ1n) is 15.2. The molecule has 8 rings (SSSR count). The van der Waals surface area contributed by atoms with Crippen LogP contribution in [0, 0.1) is 6.92 Å². The van der Waals surface area contributed by atoms with E-state index in [0.29, 0.717) is 17.3 Å². The van der Waals surface area contributed by atoms with Crippen molar-refractivity contribution < 1.29 is 13.9 Å². The predicted molar refractivity (Wildman–Crippen MR) is 168 cm³/mol. The highest BCUT2D eigenvalue weighted by Gasteiger charge is 2.43. The molecule has 0 bridgehead atoms. The molecule has 43 heavy (non-hydrogen) atoms. The Labute approximate surface area is 251 Å². The lowest BCUT2D eigenvalue weighted by atomic mass is 9.74. The number of fused-ring (bicyclic) bond motifs is 4. The fourth-order valence-electron chi connectivity index (χ4n) is 7.21. The second-order valence-electron chi connectivity index (χ2n) is 12.3. The molecule has 7 nitrogen and oxygen atoms in total. The van der Waals surface area contributed by atoms with Gasteiger partial charge < -0.3 is 19.0 Å². The minimum Gasteiger partial charge on any atom is -0.492 e. The Bertz CT molecular complexity index is 1870. The van der Waals surface area contributed by atoms with Crippen LogP contribution in [0.3, 0.4) is 0 Å². The fourth-order valence-corrected chi connectivity index (χ4v) is 7.21. The van der Waals surface area contributed by atoms with E-state index in [0.717, 1.165) is 90.8 Å². The molecule has 0 saturated carbocycles. The van der Waals surface area contributed by atoms with E-state index in [2.05, 4.69) is 64.6 Å². The minimum absolute atomic E-state index is 0.0516. The van der Waals surface area contributed by atoms with E-state index in [9.17, 15) is 4.79 Å². The van der Waals surface area contributed by atoms with Gasteiger partial charge in [-0.1, -0.05) is 42.5 Å². The molecule has 0 radical (unpaired) electrons. The summed E-state index contributed by atoms with van der Waals surface area (Å²) in [7, 11) is 2.19. The first kappa shape index (κ1) is 26.2. The molecule has 3 aliphatic rings. The van der Waals surface area contributed by atoms with Crippen LogP contribution in [0.5, 0.6) is 5.75 Å². The van der Waals surface area contributed by atoms with E-state index >= 15 is 0 Å². The van der Waals surface area contributed by atoms with Gasteiger partial charge in [-0.05, 0) is 104 Å². The zero-order valence-corrected chi connectivity index (χ0v) is 24.6. The number of anilines is 1. The number of rotatable bonds is 3. The maximum absolute atomic E-state index is 14.0. The second kappa shape index (κ2) is 10.1. The summed E-state index contributed by atoms with van der Waals surface area (Å²) >= 11 is 0. The van der Waals surface area contributed by atoms with Crippen molar-refractivity contribution >= 4 is 22.4 Å². The maximum Gasteiger partial charge on any atom is 0.258 e. The summed E-state index contributed by atoms with van der Waals surface area (Å²) in [6.45, 7) is 5.42. The zero-order valence-electron chi connectivity index (χ0n) is 24.6. The number of hydrogen-bond donors (Lipinski definition) is 0. The molecule has 4 heterocycles.